The summed E-state index contributed by atoms with van der Waals surface area (Å²) in [7, 11) is 0. The summed E-state index contributed by atoms with van der Waals surface area (Å²) in [6.07, 6.45) is 3.56. The third-order valence-electron chi connectivity index (χ3n) is 5.02. The number of furan rings is 1. The largest absolute Gasteiger partial charge is 0.463 e. The molecular weight excluding hydrogens is 294 g/mol. The van der Waals surface area contributed by atoms with Crippen LogP contribution < -0.4 is 0 Å². The van der Waals surface area contributed by atoms with Gasteiger partial charge in [-0.25, -0.2) is 0 Å². The number of nitrogens with zero attached hydrogens (tertiary/aromatic N) is 1. The minimum absolute atomic E-state index is 0.0289. The molecule has 4 rings (SSSR count). The molecule has 5 heteroatoms. The van der Waals surface area contributed by atoms with E-state index in [2.05, 4.69) is 0 Å². The number of hydrogen-bond acceptors (Lipinski definition) is 4. The maximum absolute atomic E-state index is 12.9. The zero-order chi connectivity index (χ0) is 15.9. The Labute approximate surface area is 135 Å². The topological polar surface area (TPSA) is 51.9 Å². The number of carbonyl (C=O) groups excluding carboxylic acids is 1. The minimum atomic E-state index is -0.558. The number of ether oxygens (including phenoxy) is 2. The monoisotopic (exact) mass is 315 g/mol. The van der Waals surface area contributed by atoms with Crippen molar-refractivity contribution in [2.24, 2.45) is 5.92 Å². The summed E-state index contributed by atoms with van der Waals surface area (Å²) in [6, 6.07) is 7.64. The Morgan fingerprint density at radius 2 is 2.04 bits per heavy atom. The van der Waals surface area contributed by atoms with Crippen LogP contribution >= 0.6 is 0 Å². The van der Waals surface area contributed by atoms with Crippen LogP contribution in [0.1, 0.15) is 30.1 Å². The molecule has 23 heavy (non-hydrogen) atoms. The van der Waals surface area contributed by atoms with Crippen molar-refractivity contribution in [1.82, 2.24) is 4.90 Å². The summed E-state index contributed by atoms with van der Waals surface area (Å²) < 4.78 is 17.1. The van der Waals surface area contributed by atoms with Crippen LogP contribution in [0.4, 0.5) is 0 Å². The molecule has 0 spiro atoms. The van der Waals surface area contributed by atoms with Crippen LogP contribution in [0.25, 0.3) is 11.0 Å². The van der Waals surface area contributed by atoms with Crippen molar-refractivity contribution in [2.45, 2.75) is 25.6 Å². The van der Waals surface area contributed by atoms with Crippen molar-refractivity contribution >= 4 is 16.9 Å². The summed E-state index contributed by atoms with van der Waals surface area (Å²) >= 11 is 0. The zero-order valence-electron chi connectivity index (χ0n) is 13.3. The van der Waals surface area contributed by atoms with Gasteiger partial charge in [0.05, 0.1) is 18.8 Å². The molecule has 122 valence electrons. The smallest absolute Gasteiger partial charge is 0.257 e. The molecule has 3 heterocycles. The molecule has 1 atom stereocenters. The predicted molar refractivity (Wildman–Crippen MR) is 85.2 cm³/mol. The molecule has 2 fully saturated rings. The van der Waals surface area contributed by atoms with Crippen molar-refractivity contribution in [3.05, 3.63) is 36.1 Å². The van der Waals surface area contributed by atoms with E-state index in [1.54, 1.807) is 6.26 Å². The molecule has 2 aliphatic heterocycles. The van der Waals surface area contributed by atoms with Crippen LogP contribution in [0.5, 0.6) is 0 Å². The highest BCUT2D eigenvalue weighted by Crippen LogP contribution is 2.35. The normalized spacial score (nSPS) is 24.2. The average Bonchev–Trinajstić information content (AvgIpc) is 3.21. The number of likely N-dealkylation sites (tertiary alicyclic amines) is 1. The van der Waals surface area contributed by atoms with Gasteiger partial charge in [0.25, 0.3) is 5.91 Å². The van der Waals surface area contributed by atoms with E-state index in [9.17, 15) is 4.79 Å². The average molecular weight is 315 g/mol. The van der Waals surface area contributed by atoms with E-state index in [0.717, 1.165) is 30.4 Å². The molecule has 1 amide bonds. The highest BCUT2D eigenvalue weighted by atomic mass is 16.7. The van der Waals surface area contributed by atoms with Crippen LogP contribution in [-0.2, 0) is 9.47 Å². The van der Waals surface area contributed by atoms with Crippen molar-refractivity contribution in [2.75, 3.05) is 26.3 Å². The first-order valence-corrected chi connectivity index (χ1v) is 8.21. The summed E-state index contributed by atoms with van der Waals surface area (Å²) in [5.74, 6) is -0.320. The summed E-state index contributed by atoms with van der Waals surface area (Å²) in [5.41, 5.74) is 1.39. The van der Waals surface area contributed by atoms with Gasteiger partial charge in [-0.05, 0) is 25.8 Å². The molecule has 0 bridgehead atoms. The lowest BCUT2D eigenvalue weighted by Crippen LogP contribution is -2.48. The van der Waals surface area contributed by atoms with Crippen LogP contribution in [0.3, 0.4) is 0 Å². The number of para-hydroxylation sites is 1. The molecule has 2 saturated heterocycles. The van der Waals surface area contributed by atoms with E-state index in [1.165, 1.54) is 0 Å². The van der Waals surface area contributed by atoms with Gasteiger partial charge in [0.2, 0.25) is 0 Å². The quantitative estimate of drug-likeness (QED) is 0.855. The standard InChI is InChI=1S/C18H21NO4/c1-18(22-9-10-23-18)13-5-4-8-19(11-13)17(20)15-12-21-16-7-3-2-6-14(15)16/h2-3,6-7,12-13H,4-5,8-11H2,1H3/t13-/m1/s1. The van der Waals surface area contributed by atoms with Crippen LogP contribution in [0.15, 0.2) is 34.9 Å². The summed E-state index contributed by atoms with van der Waals surface area (Å²) in [4.78, 5) is 14.8. The van der Waals surface area contributed by atoms with Crippen molar-refractivity contribution in [3.8, 4) is 0 Å². The van der Waals surface area contributed by atoms with Crippen molar-refractivity contribution in [3.63, 3.8) is 0 Å². The number of carbonyl (C=O) groups is 1. The molecule has 2 aliphatic rings. The Bertz CT molecular complexity index is 717. The number of benzene rings is 1. The first kappa shape index (κ1) is 14.7. The molecular formula is C18H21NO4. The lowest BCUT2D eigenvalue weighted by Gasteiger charge is -2.39. The molecule has 1 aromatic heterocycles. The zero-order valence-corrected chi connectivity index (χ0v) is 13.3. The molecule has 0 aliphatic carbocycles. The van der Waals surface area contributed by atoms with Gasteiger partial charge in [-0.15, -0.1) is 0 Å². The van der Waals surface area contributed by atoms with Gasteiger partial charge in [0, 0.05) is 24.4 Å². The molecule has 5 nitrogen and oxygen atoms in total. The van der Waals surface area contributed by atoms with E-state index < -0.39 is 5.79 Å². The van der Waals surface area contributed by atoms with E-state index in [1.807, 2.05) is 36.1 Å². The Balaban J connectivity index is 1.56. The Morgan fingerprint density at radius 3 is 2.87 bits per heavy atom. The second-order valence-electron chi connectivity index (χ2n) is 6.45. The van der Waals surface area contributed by atoms with Gasteiger partial charge in [0.15, 0.2) is 5.79 Å². The highest BCUT2D eigenvalue weighted by molar-refractivity contribution is 6.05. The molecule has 0 radical (unpaired) electrons. The van der Waals surface area contributed by atoms with Crippen molar-refractivity contribution in [1.29, 1.82) is 0 Å². The Morgan fingerprint density at radius 1 is 1.26 bits per heavy atom. The molecule has 2 aromatic rings. The number of amides is 1. The summed E-state index contributed by atoms with van der Waals surface area (Å²) in [6.45, 7) is 4.69. The van der Waals surface area contributed by atoms with Gasteiger partial charge in [-0.2, -0.15) is 0 Å². The fourth-order valence-corrected chi connectivity index (χ4v) is 3.67. The van der Waals surface area contributed by atoms with E-state index in [-0.39, 0.29) is 11.8 Å². The number of hydrogen-bond donors (Lipinski definition) is 0. The van der Waals surface area contributed by atoms with Gasteiger partial charge in [-0.1, -0.05) is 18.2 Å². The van der Waals surface area contributed by atoms with Crippen LogP contribution in [0.2, 0.25) is 0 Å². The second-order valence-corrected chi connectivity index (χ2v) is 6.45. The fourth-order valence-electron chi connectivity index (χ4n) is 3.67. The van der Waals surface area contributed by atoms with E-state index in [4.69, 9.17) is 13.9 Å². The molecule has 0 N–H and O–H groups in total. The number of rotatable bonds is 2. The van der Waals surface area contributed by atoms with Crippen LogP contribution in [-0.4, -0.2) is 42.9 Å². The third kappa shape index (κ3) is 2.54. The lowest BCUT2D eigenvalue weighted by atomic mass is 9.90. The van der Waals surface area contributed by atoms with Gasteiger partial charge in [-0.3, -0.25) is 4.79 Å². The molecule has 0 saturated carbocycles. The predicted octanol–water partition coefficient (Wildman–Crippen LogP) is 3.05. The molecule has 1 aromatic carbocycles. The lowest BCUT2D eigenvalue weighted by molar-refractivity contribution is -0.189. The number of piperidine rings is 1. The maximum Gasteiger partial charge on any atom is 0.257 e. The summed E-state index contributed by atoms with van der Waals surface area (Å²) in [5, 5.41) is 0.874. The van der Waals surface area contributed by atoms with Gasteiger partial charge < -0.3 is 18.8 Å². The SMILES string of the molecule is CC1([C@@H]2CCCN(C(=O)c3coc4ccccc34)C2)OCCO1. The molecule has 0 unspecified atom stereocenters. The Kier molecular flexibility index (Phi) is 3.62. The highest BCUT2D eigenvalue weighted by Gasteiger charge is 2.42. The van der Waals surface area contributed by atoms with E-state index in [0.29, 0.717) is 25.3 Å². The maximum atomic E-state index is 12.9. The third-order valence-corrected chi connectivity index (χ3v) is 5.02. The fraction of sp³-hybridized carbons (Fsp3) is 0.500. The number of fused-ring (bicyclic) bond motifs is 1. The second kappa shape index (κ2) is 5.65. The Hall–Kier alpha value is -1.85. The van der Waals surface area contributed by atoms with Crippen molar-refractivity contribution < 1.29 is 18.7 Å². The van der Waals surface area contributed by atoms with E-state index >= 15 is 0 Å². The first-order valence-electron chi connectivity index (χ1n) is 8.21. The minimum Gasteiger partial charge on any atom is -0.463 e. The van der Waals surface area contributed by atoms with Gasteiger partial charge >= 0.3 is 0 Å². The first-order chi connectivity index (χ1) is 11.2. The van der Waals surface area contributed by atoms with Crippen LogP contribution in [0, 0.1) is 5.92 Å². The van der Waals surface area contributed by atoms with Gasteiger partial charge in [0.1, 0.15) is 11.8 Å².